The van der Waals surface area contributed by atoms with E-state index in [-0.39, 0.29) is 18.0 Å². The quantitative estimate of drug-likeness (QED) is 0.757. The minimum atomic E-state index is -0.369. The summed E-state index contributed by atoms with van der Waals surface area (Å²) in [4.78, 5) is 11.1. The molecule has 0 unspecified atom stereocenters. The Morgan fingerprint density at radius 1 is 1.29 bits per heavy atom. The third-order valence-corrected chi connectivity index (χ3v) is 2.52. The molecule has 1 aromatic carbocycles. The average Bonchev–Trinajstić information content (AvgIpc) is 2.24. The second kappa shape index (κ2) is 5.21. The van der Waals surface area contributed by atoms with E-state index >= 15 is 0 Å². The van der Waals surface area contributed by atoms with Crippen LogP contribution in [0.4, 0.5) is 0 Å². The van der Waals surface area contributed by atoms with Crippen LogP contribution in [0.2, 0.25) is 0 Å². The fourth-order valence-corrected chi connectivity index (χ4v) is 1.56. The predicted octanol–water partition coefficient (Wildman–Crippen LogP) is 2.84. The van der Waals surface area contributed by atoms with Gasteiger partial charge >= 0.3 is 5.97 Å². The standard InChI is InChI=1S/C14H20O3/c1-10-6-7-11(14(2,3)4)12(8-10)17-9-13(15)16-5/h6-8H,9H2,1-5H3. The van der Waals surface area contributed by atoms with Crippen molar-refractivity contribution >= 4 is 5.97 Å². The van der Waals surface area contributed by atoms with Gasteiger partial charge in [0, 0.05) is 0 Å². The van der Waals surface area contributed by atoms with Gasteiger partial charge in [-0.1, -0.05) is 32.9 Å². The van der Waals surface area contributed by atoms with Gasteiger partial charge in [-0.3, -0.25) is 0 Å². The molecule has 3 heteroatoms. The maximum atomic E-state index is 11.1. The number of carbonyl (C=O) groups is 1. The lowest BCUT2D eigenvalue weighted by Crippen LogP contribution is -2.17. The second-order valence-electron chi connectivity index (χ2n) is 5.11. The van der Waals surface area contributed by atoms with Crippen molar-refractivity contribution in [3.8, 4) is 5.75 Å². The number of esters is 1. The van der Waals surface area contributed by atoms with Crippen molar-refractivity contribution in [2.45, 2.75) is 33.1 Å². The molecule has 0 saturated heterocycles. The zero-order chi connectivity index (χ0) is 13.1. The number of hydrogen-bond donors (Lipinski definition) is 0. The molecule has 0 aliphatic rings. The maximum Gasteiger partial charge on any atom is 0.343 e. The minimum Gasteiger partial charge on any atom is -0.482 e. The summed E-state index contributed by atoms with van der Waals surface area (Å²) in [5, 5.41) is 0. The van der Waals surface area contributed by atoms with Crippen LogP contribution in [-0.4, -0.2) is 19.7 Å². The molecule has 0 amide bonds. The van der Waals surface area contributed by atoms with E-state index in [0.717, 1.165) is 16.9 Å². The zero-order valence-corrected chi connectivity index (χ0v) is 11.2. The summed E-state index contributed by atoms with van der Waals surface area (Å²) >= 11 is 0. The topological polar surface area (TPSA) is 35.5 Å². The summed E-state index contributed by atoms with van der Waals surface area (Å²) in [5.41, 5.74) is 2.18. The predicted molar refractivity (Wildman–Crippen MR) is 67.4 cm³/mol. The van der Waals surface area contributed by atoms with Crippen LogP contribution in [0.25, 0.3) is 0 Å². The van der Waals surface area contributed by atoms with Crippen molar-refractivity contribution in [1.29, 1.82) is 0 Å². The number of ether oxygens (including phenoxy) is 2. The monoisotopic (exact) mass is 236 g/mol. The Balaban J connectivity index is 2.96. The van der Waals surface area contributed by atoms with Crippen molar-refractivity contribution in [3.63, 3.8) is 0 Å². The Kier molecular flexibility index (Phi) is 4.16. The molecule has 3 nitrogen and oxygen atoms in total. The van der Waals surface area contributed by atoms with Crippen molar-refractivity contribution < 1.29 is 14.3 Å². The lowest BCUT2D eigenvalue weighted by Gasteiger charge is -2.23. The number of hydrogen-bond acceptors (Lipinski definition) is 3. The number of aryl methyl sites for hydroxylation is 1. The van der Waals surface area contributed by atoms with Crippen molar-refractivity contribution in [2.24, 2.45) is 0 Å². The number of methoxy groups -OCH3 is 1. The molecule has 0 spiro atoms. The van der Waals surface area contributed by atoms with Gasteiger partial charge in [-0.25, -0.2) is 4.79 Å². The van der Waals surface area contributed by atoms with Gasteiger partial charge < -0.3 is 9.47 Å². The van der Waals surface area contributed by atoms with E-state index in [9.17, 15) is 4.79 Å². The molecule has 0 fully saturated rings. The summed E-state index contributed by atoms with van der Waals surface area (Å²) in [6, 6.07) is 6.04. The molecule has 94 valence electrons. The van der Waals surface area contributed by atoms with Crippen LogP contribution in [-0.2, 0) is 14.9 Å². The number of rotatable bonds is 3. The van der Waals surface area contributed by atoms with Crippen LogP contribution < -0.4 is 4.74 Å². The molecule has 0 N–H and O–H groups in total. The molecule has 0 saturated carbocycles. The molecule has 1 aromatic rings. The van der Waals surface area contributed by atoms with Gasteiger partial charge in [0.1, 0.15) is 5.75 Å². The summed E-state index contributed by atoms with van der Waals surface area (Å²) < 4.78 is 10.1. The molecule has 0 bridgehead atoms. The van der Waals surface area contributed by atoms with Gasteiger partial charge in [0.25, 0.3) is 0 Å². The molecular formula is C14H20O3. The lowest BCUT2D eigenvalue weighted by molar-refractivity contribution is -0.142. The van der Waals surface area contributed by atoms with Crippen LogP contribution >= 0.6 is 0 Å². The maximum absolute atomic E-state index is 11.1. The molecule has 17 heavy (non-hydrogen) atoms. The Morgan fingerprint density at radius 3 is 2.47 bits per heavy atom. The Labute approximate surface area is 103 Å². The first-order valence-corrected chi connectivity index (χ1v) is 5.65. The van der Waals surface area contributed by atoms with E-state index in [2.05, 4.69) is 25.5 Å². The molecule has 0 aromatic heterocycles. The SMILES string of the molecule is COC(=O)COc1cc(C)ccc1C(C)(C)C. The molecule has 1 rings (SSSR count). The first-order valence-electron chi connectivity index (χ1n) is 5.65. The van der Waals surface area contributed by atoms with Crippen molar-refractivity contribution in [1.82, 2.24) is 0 Å². The first kappa shape index (κ1) is 13.6. The van der Waals surface area contributed by atoms with E-state index < -0.39 is 0 Å². The third-order valence-electron chi connectivity index (χ3n) is 2.52. The van der Waals surface area contributed by atoms with E-state index in [1.54, 1.807) is 0 Å². The highest BCUT2D eigenvalue weighted by atomic mass is 16.6. The van der Waals surface area contributed by atoms with Gasteiger partial charge in [0.2, 0.25) is 0 Å². The fraction of sp³-hybridized carbons (Fsp3) is 0.500. The summed E-state index contributed by atoms with van der Waals surface area (Å²) in [6.07, 6.45) is 0. The number of carbonyl (C=O) groups excluding carboxylic acids is 1. The highest BCUT2D eigenvalue weighted by Gasteiger charge is 2.19. The van der Waals surface area contributed by atoms with Crippen LogP contribution in [0, 0.1) is 6.92 Å². The first-order chi connectivity index (χ1) is 7.84. The zero-order valence-electron chi connectivity index (χ0n) is 11.2. The van der Waals surface area contributed by atoms with Gasteiger partial charge in [0.15, 0.2) is 6.61 Å². The van der Waals surface area contributed by atoms with Gasteiger partial charge in [-0.05, 0) is 29.5 Å². The molecule has 0 aliphatic heterocycles. The van der Waals surface area contributed by atoms with Gasteiger partial charge in [-0.15, -0.1) is 0 Å². The van der Waals surface area contributed by atoms with Crippen molar-refractivity contribution in [2.75, 3.05) is 13.7 Å². The summed E-state index contributed by atoms with van der Waals surface area (Å²) in [7, 11) is 1.35. The third kappa shape index (κ3) is 3.77. The van der Waals surface area contributed by atoms with Crippen LogP contribution in [0.15, 0.2) is 18.2 Å². The van der Waals surface area contributed by atoms with Crippen LogP contribution in [0.5, 0.6) is 5.75 Å². The highest BCUT2D eigenvalue weighted by Crippen LogP contribution is 2.31. The Morgan fingerprint density at radius 2 is 1.94 bits per heavy atom. The molecular weight excluding hydrogens is 216 g/mol. The molecule has 0 atom stereocenters. The molecule has 0 heterocycles. The number of benzene rings is 1. The van der Waals surface area contributed by atoms with E-state index in [4.69, 9.17) is 4.74 Å². The summed E-state index contributed by atoms with van der Waals surface area (Å²) in [6.45, 7) is 8.29. The van der Waals surface area contributed by atoms with Crippen molar-refractivity contribution in [3.05, 3.63) is 29.3 Å². The van der Waals surface area contributed by atoms with E-state index in [1.165, 1.54) is 7.11 Å². The second-order valence-corrected chi connectivity index (χ2v) is 5.11. The highest BCUT2D eigenvalue weighted by molar-refractivity contribution is 5.71. The van der Waals surface area contributed by atoms with E-state index in [1.807, 2.05) is 25.1 Å². The fourth-order valence-electron chi connectivity index (χ4n) is 1.56. The van der Waals surface area contributed by atoms with Crippen LogP contribution in [0.1, 0.15) is 31.9 Å². The summed E-state index contributed by atoms with van der Waals surface area (Å²) in [5.74, 6) is 0.384. The largest absolute Gasteiger partial charge is 0.482 e. The van der Waals surface area contributed by atoms with Crippen LogP contribution in [0.3, 0.4) is 0 Å². The minimum absolute atomic E-state index is 0.0147. The normalized spacial score (nSPS) is 11.1. The van der Waals surface area contributed by atoms with Gasteiger partial charge in [-0.2, -0.15) is 0 Å². The Bertz CT molecular complexity index is 402. The molecule has 0 radical (unpaired) electrons. The smallest absolute Gasteiger partial charge is 0.343 e. The lowest BCUT2D eigenvalue weighted by atomic mass is 9.86. The average molecular weight is 236 g/mol. The van der Waals surface area contributed by atoms with Gasteiger partial charge in [0.05, 0.1) is 7.11 Å². The molecule has 0 aliphatic carbocycles. The Hall–Kier alpha value is -1.51. The van der Waals surface area contributed by atoms with E-state index in [0.29, 0.717) is 0 Å².